The summed E-state index contributed by atoms with van der Waals surface area (Å²) in [4.78, 5) is 11.3. The number of hydrogen-bond acceptors (Lipinski definition) is 6. The molecule has 1 aliphatic heterocycles. The van der Waals surface area contributed by atoms with Gasteiger partial charge in [0.05, 0.1) is 24.6 Å². The van der Waals surface area contributed by atoms with Crippen LogP contribution in [-0.2, 0) is 4.74 Å². The first-order valence-corrected chi connectivity index (χ1v) is 8.62. The standard InChI is InChI=1S/C16H19FN4OS/c1-10-7-12(17)13(18)8-11(10)14-9-15(20-16(19-14)23-2)21-3-5-22-6-4-21/h7-9H,3-6,18H2,1-2H3. The number of benzene rings is 1. The van der Waals surface area contributed by atoms with E-state index in [9.17, 15) is 4.39 Å². The van der Waals surface area contributed by atoms with Crippen LogP contribution in [0.1, 0.15) is 5.56 Å². The number of hydrogen-bond donors (Lipinski definition) is 1. The molecule has 0 amide bonds. The third-order valence-corrected chi connectivity index (χ3v) is 4.38. The zero-order valence-electron chi connectivity index (χ0n) is 13.2. The van der Waals surface area contributed by atoms with Crippen LogP contribution in [0.3, 0.4) is 0 Å². The normalized spacial score (nSPS) is 15.0. The molecule has 1 aromatic heterocycles. The van der Waals surface area contributed by atoms with Crippen LogP contribution in [0.4, 0.5) is 15.9 Å². The Bertz CT molecular complexity index is 719. The number of nitrogens with zero attached hydrogens (tertiary/aromatic N) is 3. The van der Waals surface area contributed by atoms with Crippen LogP contribution >= 0.6 is 11.8 Å². The summed E-state index contributed by atoms with van der Waals surface area (Å²) in [6, 6.07) is 5.02. The average molecular weight is 334 g/mol. The number of aryl methyl sites for hydroxylation is 1. The Labute approximate surface area is 139 Å². The van der Waals surface area contributed by atoms with Crippen LogP contribution in [0.2, 0.25) is 0 Å². The van der Waals surface area contributed by atoms with Crippen molar-refractivity contribution < 1.29 is 9.13 Å². The van der Waals surface area contributed by atoms with Gasteiger partial charge in [-0.25, -0.2) is 14.4 Å². The third kappa shape index (κ3) is 3.40. The summed E-state index contributed by atoms with van der Waals surface area (Å²) in [5.41, 5.74) is 8.25. The van der Waals surface area contributed by atoms with E-state index in [2.05, 4.69) is 14.9 Å². The van der Waals surface area contributed by atoms with Crippen molar-refractivity contribution in [3.8, 4) is 11.3 Å². The number of aromatic nitrogens is 2. The van der Waals surface area contributed by atoms with Crippen LogP contribution in [0.25, 0.3) is 11.3 Å². The minimum atomic E-state index is -0.404. The molecule has 0 saturated carbocycles. The molecule has 1 aromatic carbocycles. The van der Waals surface area contributed by atoms with Gasteiger partial charge in [-0.15, -0.1) is 0 Å². The Kier molecular flexibility index (Phi) is 4.68. The number of anilines is 2. The molecule has 0 bridgehead atoms. The molecule has 23 heavy (non-hydrogen) atoms. The maximum Gasteiger partial charge on any atom is 0.189 e. The second-order valence-electron chi connectivity index (χ2n) is 5.39. The summed E-state index contributed by atoms with van der Waals surface area (Å²) in [6.07, 6.45) is 1.94. The van der Waals surface area contributed by atoms with Crippen molar-refractivity contribution in [1.29, 1.82) is 0 Å². The maximum atomic E-state index is 13.6. The lowest BCUT2D eigenvalue weighted by molar-refractivity contribution is 0.122. The van der Waals surface area contributed by atoms with E-state index in [1.54, 1.807) is 6.07 Å². The SMILES string of the molecule is CSc1nc(-c2cc(N)c(F)cc2C)cc(N2CCOCC2)n1. The molecule has 2 heterocycles. The second kappa shape index (κ2) is 6.72. The van der Waals surface area contributed by atoms with Crippen LogP contribution in [0.15, 0.2) is 23.4 Å². The van der Waals surface area contributed by atoms with Crippen LogP contribution in [0.5, 0.6) is 0 Å². The largest absolute Gasteiger partial charge is 0.396 e. The zero-order chi connectivity index (χ0) is 16.4. The summed E-state index contributed by atoms with van der Waals surface area (Å²) < 4.78 is 19.0. The molecule has 2 aromatic rings. The first kappa shape index (κ1) is 16.0. The van der Waals surface area contributed by atoms with Gasteiger partial charge in [0.15, 0.2) is 5.16 Å². The van der Waals surface area contributed by atoms with E-state index >= 15 is 0 Å². The van der Waals surface area contributed by atoms with Gasteiger partial charge in [0, 0.05) is 24.7 Å². The summed E-state index contributed by atoms with van der Waals surface area (Å²) in [5.74, 6) is 0.462. The van der Waals surface area contributed by atoms with Gasteiger partial charge in [-0.2, -0.15) is 0 Å². The van der Waals surface area contributed by atoms with Crippen LogP contribution in [-0.4, -0.2) is 42.5 Å². The predicted molar refractivity (Wildman–Crippen MR) is 91.4 cm³/mol. The fraction of sp³-hybridized carbons (Fsp3) is 0.375. The van der Waals surface area contributed by atoms with Gasteiger partial charge in [-0.05, 0) is 30.9 Å². The van der Waals surface area contributed by atoms with Crippen molar-refractivity contribution in [2.24, 2.45) is 0 Å². The lowest BCUT2D eigenvalue weighted by Gasteiger charge is -2.28. The van der Waals surface area contributed by atoms with E-state index in [-0.39, 0.29) is 5.69 Å². The summed E-state index contributed by atoms with van der Waals surface area (Å²) >= 11 is 1.48. The number of nitrogens with two attached hydrogens (primary N) is 1. The Hall–Kier alpha value is -1.86. The van der Waals surface area contributed by atoms with Crippen LogP contribution in [0, 0.1) is 12.7 Å². The molecule has 0 radical (unpaired) electrons. The highest BCUT2D eigenvalue weighted by Gasteiger charge is 2.17. The Morgan fingerprint density at radius 1 is 1.22 bits per heavy atom. The van der Waals surface area contributed by atoms with E-state index in [4.69, 9.17) is 10.5 Å². The van der Waals surface area contributed by atoms with Gasteiger partial charge >= 0.3 is 0 Å². The van der Waals surface area contributed by atoms with Gasteiger partial charge < -0.3 is 15.4 Å². The molecule has 2 N–H and O–H groups in total. The van der Waals surface area contributed by atoms with Gasteiger partial charge in [0.1, 0.15) is 11.6 Å². The predicted octanol–water partition coefficient (Wildman–Crippen LogP) is 2.73. The molecule has 1 saturated heterocycles. The van der Waals surface area contributed by atoms with Gasteiger partial charge in [0.25, 0.3) is 0 Å². The highest BCUT2D eigenvalue weighted by molar-refractivity contribution is 7.98. The van der Waals surface area contributed by atoms with E-state index in [1.165, 1.54) is 17.8 Å². The van der Waals surface area contributed by atoms with E-state index < -0.39 is 5.82 Å². The molecule has 122 valence electrons. The second-order valence-corrected chi connectivity index (χ2v) is 6.16. The summed E-state index contributed by atoms with van der Waals surface area (Å²) in [5, 5.41) is 0.686. The van der Waals surface area contributed by atoms with Gasteiger partial charge in [-0.1, -0.05) is 11.8 Å². The highest BCUT2D eigenvalue weighted by atomic mass is 32.2. The molecule has 1 fully saturated rings. The smallest absolute Gasteiger partial charge is 0.189 e. The fourth-order valence-electron chi connectivity index (χ4n) is 2.56. The minimum absolute atomic E-state index is 0.128. The third-order valence-electron chi connectivity index (χ3n) is 3.83. The topological polar surface area (TPSA) is 64.3 Å². The molecule has 0 atom stereocenters. The summed E-state index contributed by atoms with van der Waals surface area (Å²) in [6.45, 7) is 4.84. The van der Waals surface area contributed by atoms with E-state index in [1.807, 2.05) is 19.2 Å². The maximum absolute atomic E-state index is 13.6. The Morgan fingerprint density at radius 2 is 1.96 bits per heavy atom. The summed E-state index contributed by atoms with van der Waals surface area (Å²) in [7, 11) is 0. The van der Waals surface area contributed by atoms with Crippen molar-refractivity contribution in [2.75, 3.05) is 43.2 Å². The van der Waals surface area contributed by atoms with Crippen LogP contribution < -0.4 is 10.6 Å². The van der Waals surface area contributed by atoms with Gasteiger partial charge in [-0.3, -0.25) is 0 Å². The molecular weight excluding hydrogens is 315 g/mol. The highest BCUT2D eigenvalue weighted by Crippen LogP contribution is 2.30. The molecule has 3 rings (SSSR count). The number of nitrogen functional groups attached to an aromatic ring is 1. The number of morpholine rings is 1. The number of ether oxygens (including phenoxy) is 1. The minimum Gasteiger partial charge on any atom is -0.396 e. The molecule has 0 unspecified atom stereocenters. The lowest BCUT2D eigenvalue weighted by atomic mass is 10.0. The van der Waals surface area contributed by atoms with E-state index in [0.29, 0.717) is 18.4 Å². The molecular formula is C16H19FN4OS. The van der Waals surface area contributed by atoms with Crippen molar-refractivity contribution in [3.05, 3.63) is 29.6 Å². The van der Waals surface area contributed by atoms with Crippen molar-refractivity contribution in [2.45, 2.75) is 12.1 Å². The Balaban J connectivity index is 2.06. The molecule has 1 aliphatic rings. The first-order valence-electron chi connectivity index (χ1n) is 7.40. The average Bonchev–Trinajstić information content (AvgIpc) is 2.58. The fourth-order valence-corrected chi connectivity index (χ4v) is 2.94. The molecule has 5 nitrogen and oxygen atoms in total. The van der Waals surface area contributed by atoms with Crippen molar-refractivity contribution in [1.82, 2.24) is 9.97 Å². The lowest BCUT2D eigenvalue weighted by Crippen LogP contribution is -2.36. The monoisotopic (exact) mass is 334 g/mol. The Morgan fingerprint density at radius 3 is 2.65 bits per heavy atom. The molecule has 0 spiro atoms. The van der Waals surface area contributed by atoms with Gasteiger partial charge in [0.2, 0.25) is 0 Å². The number of thioether (sulfide) groups is 1. The van der Waals surface area contributed by atoms with Crippen molar-refractivity contribution >= 4 is 23.3 Å². The van der Waals surface area contributed by atoms with Crippen molar-refractivity contribution in [3.63, 3.8) is 0 Å². The quantitative estimate of drug-likeness (QED) is 0.529. The van der Waals surface area contributed by atoms with E-state index in [0.717, 1.165) is 35.7 Å². The molecule has 0 aliphatic carbocycles. The zero-order valence-corrected chi connectivity index (χ0v) is 14.0. The number of rotatable bonds is 3. The first-order chi connectivity index (χ1) is 11.1. The molecule has 7 heteroatoms. The number of halogens is 1.